The van der Waals surface area contributed by atoms with Gasteiger partial charge in [0.2, 0.25) is 11.8 Å². The largest absolute Gasteiger partial charge is 0.481 e. The number of nitrogens with one attached hydrogen (secondary N) is 1. The zero-order valence-electron chi connectivity index (χ0n) is 32.8. The number of amides is 2. The Kier molecular flexibility index (Phi) is 9.48. The Morgan fingerprint density at radius 1 is 0.941 bits per heavy atom. The summed E-state index contributed by atoms with van der Waals surface area (Å²) < 4.78 is 6.15. The minimum Gasteiger partial charge on any atom is -0.481 e. The molecule has 3 unspecified atom stereocenters. The Hall–Kier alpha value is -2.71. The average Bonchev–Trinajstić information content (AvgIpc) is 3.56. The minimum atomic E-state index is -1.17. The van der Waals surface area contributed by atoms with Gasteiger partial charge in [0, 0.05) is 37.8 Å². The van der Waals surface area contributed by atoms with Crippen molar-refractivity contribution in [1.82, 2.24) is 10.2 Å². The van der Waals surface area contributed by atoms with E-state index in [0.29, 0.717) is 37.8 Å². The maximum atomic E-state index is 13.9. The molecule has 51 heavy (non-hydrogen) atoms. The molecule has 8 atom stereocenters. The number of carboxylic acids is 1. The fraction of sp³-hybridized carbons (Fsp3) is 0.833. The monoisotopic (exact) mass is 708 g/mol. The Labute approximate surface area is 305 Å². The molecule has 2 N–H and O–H groups in total. The van der Waals surface area contributed by atoms with Gasteiger partial charge in [0.1, 0.15) is 6.10 Å². The van der Waals surface area contributed by atoms with E-state index in [9.17, 15) is 29.1 Å². The molecule has 4 saturated carbocycles. The van der Waals surface area contributed by atoms with Gasteiger partial charge in [-0.1, -0.05) is 48.5 Å². The van der Waals surface area contributed by atoms with Crippen molar-refractivity contribution in [2.45, 2.75) is 157 Å². The molecule has 0 aromatic carbocycles. The third-order valence-electron chi connectivity index (χ3n) is 16.0. The van der Waals surface area contributed by atoms with Gasteiger partial charge in [-0.3, -0.25) is 24.0 Å². The van der Waals surface area contributed by atoms with Crippen LogP contribution in [0.4, 0.5) is 0 Å². The molecular formula is C42H64N2O7. The van der Waals surface area contributed by atoms with Crippen LogP contribution in [0.3, 0.4) is 0 Å². The van der Waals surface area contributed by atoms with Crippen LogP contribution in [0, 0.1) is 50.7 Å². The van der Waals surface area contributed by atoms with Crippen LogP contribution in [-0.4, -0.2) is 64.3 Å². The van der Waals surface area contributed by atoms with Gasteiger partial charge in [0.25, 0.3) is 0 Å². The number of allylic oxidation sites excluding steroid dienone is 1. The molecule has 9 nitrogen and oxygen atoms in total. The van der Waals surface area contributed by atoms with Crippen molar-refractivity contribution >= 4 is 29.5 Å². The molecule has 0 aromatic rings. The number of carbonyl (C=O) groups is 5. The molecule has 0 bridgehead atoms. The fourth-order valence-corrected chi connectivity index (χ4v) is 13.1. The van der Waals surface area contributed by atoms with Crippen LogP contribution in [0.5, 0.6) is 0 Å². The number of esters is 1. The molecule has 5 aliphatic carbocycles. The molecule has 0 spiro atoms. The van der Waals surface area contributed by atoms with Gasteiger partial charge in [0.15, 0.2) is 5.78 Å². The molecule has 5 fully saturated rings. The van der Waals surface area contributed by atoms with Crippen LogP contribution in [0.15, 0.2) is 11.1 Å². The van der Waals surface area contributed by atoms with E-state index in [1.807, 2.05) is 0 Å². The van der Waals surface area contributed by atoms with E-state index in [0.717, 1.165) is 63.4 Å². The van der Waals surface area contributed by atoms with Crippen LogP contribution in [0.2, 0.25) is 0 Å². The highest BCUT2D eigenvalue weighted by Crippen LogP contribution is 2.76. The van der Waals surface area contributed by atoms with E-state index in [1.54, 1.807) is 18.7 Å². The maximum Gasteiger partial charge on any atom is 0.309 e. The highest BCUT2D eigenvalue weighted by molar-refractivity contribution is 6.02. The third kappa shape index (κ3) is 5.89. The van der Waals surface area contributed by atoms with Gasteiger partial charge in [0.05, 0.1) is 17.4 Å². The molecule has 1 heterocycles. The predicted molar refractivity (Wildman–Crippen MR) is 194 cm³/mol. The van der Waals surface area contributed by atoms with Crippen molar-refractivity contribution in [3.05, 3.63) is 11.1 Å². The topological polar surface area (TPSA) is 130 Å². The van der Waals surface area contributed by atoms with E-state index in [4.69, 9.17) is 4.74 Å². The number of aliphatic carboxylic acids is 1. The van der Waals surface area contributed by atoms with Crippen LogP contribution in [-0.2, 0) is 28.7 Å². The van der Waals surface area contributed by atoms with E-state index < -0.39 is 22.9 Å². The Balaban J connectivity index is 1.25. The van der Waals surface area contributed by atoms with Crippen molar-refractivity contribution in [3.8, 4) is 0 Å². The molecule has 284 valence electrons. The number of Topliss-reactive ketones (excluding diaryl/α,β-unsaturated/α-hetero) is 1. The predicted octanol–water partition coefficient (Wildman–Crippen LogP) is 7.26. The summed E-state index contributed by atoms with van der Waals surface area (Å²) in [7, 11) is 0. The SMILES string of the molecule is CC(C)C1=C2[C@H]3CCC4C(C)(CCC5C(C)(C)[C@@H](OC(=O)CC(C)(C)C(=O)O)CC[C@@]54C)[C@]3(C)CC[C@@]2(NC(=O)CCN2CCCC2=O)CC1=O. The first kappa shape index (κ1) is 38.0. The van der Waals surface area contributed by atoms with E-state index >= 15 is 0 Å². The number of rotatable bonds is 9. The molecule has 9 heteroatoms. The van der Waals surface area contributed by atoms with Crippen LogP contribution in [0.25, 0.3) is 0 Å². The number of ketones is 1. The first-order valence-corrected chi connectivity index (χ1v) is 19.9. The summed E-state index contributed by atoms with van der Waals surface area (Å²) in [5, 5.41) is 13.0. The molecular weight excluding hydrogens is 644 g/mol. The van der Waals surface area contributed by atoms with Gasteiger partial charge in [-0.05, 0) is 123 Å². The maximum absolute atomic E-state index is 13.9. The summed E-state index contributed by atoms with van der Waals surface area (Å²) in [6.45, 7) is 20.6. The summed E-state index contributed by atoms with van der Waals surface area (Å²) in [6.07, 6.45) is 9.16. The number of carbonyl (C=O) groups excluding carboxylic acids is 4. The third-order valence-corrected chi connectivity index (χ3v) is 16.0. The van der Waals surface area contributed by atoms with E-state index in [2.05, 4.69) is 53.8 Å². The van der Waals surface area contributed by atoms with Gasteiger partial charge in [-0.2, -0.15) is 0 Å². The zero-order chi connectivity index (χ0) is 37.5. The van der Waals surface area contributed by atoms with Gasteiger partial charge in [-0.15, -0.1) is 0 Å². The number of hydrogen-bond donors (Lipinski definition) is 2. The highest BCUT2D eigenvalue weighted by atomic mass is 16.5. The van der Waals surface area contributed by atoms with E-state index in [1.165, 1.54) is 5.57 Å². The van der Waals surface area contributed by atoms with Crippen LogP contribution < -0.4 is 5.32 Å². The summed E-state index contributed by atoms with van der Waals surface area (Å²) in [4.78, 5) is 66.4. The van der Waals surface area contributed by atoms with Crippen molar-refractivity contribution in [1.29, 1.82) is 0 Å². The first-order valence-electron chi connectivity index (χ1n) is 19.9. The molecule has 2 amide bonds. The van der Waals surface area contributed by atoms with E-state index in [-0.39, 0.29) is 70.0 Å². The van der Waals surface area contributed by atoms with Crippen LogP contribution >= 0.6 is 0 Å². The molecule has 0 aromatic heterocycles. The fourth-order valence-electron chi connectivity index (χ4n) is 13.1. The molecule has 6 aliphatic rings. The molecule has 1 saturated heterocycles. The summed E-state index contributed by atoms with van der Waals surface area (Å²) in [5.74, 6) is -0.0796. The lowest BCUT2D eigenvalue weighted by Gasteiger charge is -2.72. The first-order chi connectivity index (χ1) is 23.6. The molecule has 1 aliphatic heterocycles. The number of nitrogens with zero attached hydrogens (tertiary/aromatic N) is 1. The molecule has 0 radical (unpaired) electrons. The second-order valence-electron chi connectivity index (χ2n) is 19.8. The van der Waals surface area contributed by atoms with Crippen molar-refractivity contribution < 1.29 is 33.8 Å². The van der Waals surface area contributed by atoms with Crippen molar-refractivity contribution in [3.63, 3.8) is 0 Å². The van der Waals surface area contributed by atoms with Gasteiger partial charge < -0.3 is 20.1 Å². The average molecular weight is 709 g/mol. The van der Waals surface area contributed by atoms with Crippen molar-refractivity contribution in [2.24, 2.45) is 50.7 Å². The van der Waals surface area contributed by atoms with Gasteiger partial charge in [-0.25, -0.2) is 0 Å². The van der Waals surface area contributed by atoms with Gasteiger partial charge >= 0.3 is 11.9 Å². The quantitative estimate of drug-likeness (QED) is 0.241. The number of ether oxygens (including phenoxy) is 1. The lowest BCUT2D eigenvalue weighted by Crippen LogP contribution is -2.67. The molecule has 6 rings (SSSR count). The van der Waals surface area contributed by atoms with Crippen LogP contribution in [0.1, 0.15) is 146 Å². The number of likely N-dealkylation sites (tertiary alicyclic amines) is 1. The smallest absolute Gasteiger partial charge is 0.309 e. The number of carboxylic acid groups (broad SMARTS) is 1. The van der Waals surface area contributed by atoms with Crippen molar-refractivity contribution in [2.75, 3.05) is 13.1 Å². The summed E-state index contributed by atoms with van der Waals surface area (Å²) in [5.41, 5.74) is 0.113. The Morgan fingerprint density at radius 3 is 2.27 bits per heavy atom. The lowest BCUT2D eigenvalue weighted by molar-refractivity contribution is -0.232. The highest BCUT2D eigenvalue weighted by Gasteiger charge is 2.70. The number of fused-ring (bicyclic) bond motifs is 7. The Bertz CT molecular complexity index is 1530. The second-order valence-corrected chi connectivity index (χ2v) is 19.8. The summed E-state index contributed by atoms with van der Waals surface area (Å²) in [6, 6.07) is 0. The normalized spacial score (nSPS) is 38.9. The lowest BCUT2D eigenvalue weighted by atomic mass is 9.33. The Morgan fingerprint density at radius 2 is 1.65 bits per heavy atom. The minimum absolute atomic E-state index is 0.0271. The summed E-state index contributed by atoms with van der Waals surface area (Å²) >= 11 is 0. The number of hydrogen-bond acceptors (Lipinski definition) is 6. The standard InChI is InChI=1S/C42H64N2O7/c1-25(2)34-27(45)23-42(43-31(46)16-22-44-21-10-11-32(44)47)20-19-40(8)26(35(34)42)12-13-29-39(7)17-15-30(51-33(48)24-37(3,4)36(49)50)38(5,6)28(39)14-18-41(29,40)9/h25-26,28-30H,10-24H2,1-9H3,(H,43,46)(H,49,50)/t26-,28?,29?,30+,39+,40-,41?,42-/m1/s1. The second kappa shape index (κ2) is 12.7. The zero-order valence-corrected chi connectivity index (χ0v) is 32.8.